The van der Waals surface area contributed by atoms with Gasteiger partial charge < -0.3 is 10.6 Å². The van der Waals surface area contributed by atoms with Crippen LogP contribution in [0.3, 0.4) is 0 Å². The van der Waals surface area contributed by atoms with Crippen molar-refractivity contribution >= 4 is 29.9 Å². The van der Waals surface area contributed by atoms with Crippen molar-refractivity contribution in [2.45, 2.75) is 52.5 Å². The Morgan fingerprint density at radius 2 is 1.81 bits per heavy atom. The van der Waals surface area contributed by atoms with Crippen molar-refractivity contribution in [3.8, 4) is 0 Å². The zero-order chi connectivity index (χ0) is 14.8. The summed E-state index contributed by atoms with van der Waals surface area (Å²) < 4.78 is 0. The van der Waals surface area contributed by atoms with Gasteiger partial charge in [-0.05, 0) is 38.2 Å². The summed E-state index contributed by atoms with van der Waals surface area (Å²) in [6.07, 6.45) is 2.17. The fraction of sp³-hybridized carbons (Fsp3) is 0.588. The number of hydrogen-bond donors (Lipinski definition) is 2. The molecule has 0 fully saturated rings. The van der Waals surface area contributed by atoms with Crippen LogP contribution in [0.2, 0.25) is 0 Å². The van der Waals surface area contributed by atoms with Crippen LogP contribution in [0.25, 0.3) is 0 Å². The monoisotopic (exact) mass is 403 g/mol. The van der Waals surface area contributed by atoms with Crippen molar-refractivity contribution in [2.75, 3.05) is 13.1 Å². The highest BCUT2D eigenvalue weighted by Gasteiger charge is 2.05. The van der Waals surface area contributed by atoms with Gasteiger partial charge in [0.25, 0.3) is 0 Å². The van der Waals surface area contributed by atoms with Crippen LogP contribution in [0.15, 0.2) is 35.3 Å². The van der Waals surface area contributed by atoms with Gasteiger partial charge in [0.2, 0.25) is 0 Å². The molecule has 120 valence electrons. The first kappa shape index (κ1) is 20.2. The summed E-state index contributed by atoms with van der Waals surface area (Å²) in [5.41, 5.74) is 1.39. The van der Waals surface area contributed by atoms with E-state index in [-0.39, 0.29) is 24.0 Å². The van der Waals surface area contributed by atoms with E-state index in [0.29, 0.717) is 12.0 Å². The number of nitrogens with zero attached hydrogens (tertiary/aromatic N) is 1. The molecule has 1 aromatic carbocycles. The molecule has 0 amide bonds. The minimum absolute atomic E-state index is 0. The molecule has 0 radical (unpaired) electrons. The van der Waals surface area contributed by atoms with Crippen molar-refractivity contribution in [3.05, 3.63) is 35.9 Å². The Bertz CT molecular complexity index is 392. The standard InChI is InChI=1S/C17H29N3.HI/c1-5-15(4)20-17(18-6-2)19-13-12-14(3)16-10-8-7-9-11-16;/h7-11,14-15H,5-6,12-13H2,1-4H3,(H2,18,19,20);1H. The third-order valence-electron chi connectivity index (χ3n) is 3.54. The minimum Gasteiger partial charge on any atom is -0.357 e. The molecule has 0 saturated heterocycles. The van der Waals surface area contributed by atoms with E-state index in [2.05, 4.69) is 73.7 Å². The second-order valence-electron chi connectivity index (χ2n) is 5.31. The maximum Gasteiger partial charge on any atom is 0.191 e. The summed E-state index contributed by atoms with van der Waals surface area (Å²) in [4.78, 5) is 4.66. The first-order valence-corrected chi connectivity index (χ1v) is 7.77. The largest absolute Gasteiger partial charge is 0.357 e. The maximum atomic E-state index is 4.66. The van der Waals surface area contributed by atoms with Crippen LogP contribution in [0, 0.1) is 0 Å². The summed E-state index contributed by atoms with van der Waals surface area (Å²) in [6, 6.07) is 11.1. The lowest BCUT2D eigenvalue weighted by Gasteiger charge is -2.16. The van der Waals surface area contributed by atoms with Crippen molar-refractivity contribution in [2.24, 2.45) is 4.99 Å². The van der Waals surface area contributed by atoms with Gasteiger partial charge in [0.1, 0.15) is 0 Å². The van der Waals surface area contributed by atoms with Gasteiger partial charge in [-0.1, -0.05) is 44.2 Å². The molecule has 21 heavy (non-hydrogen) atoms. The van der Waals surface area contributed by atoms with Gasteiger partial charge >= 0.3 is 0 Å². The maximum absolute atomic E-state index is 4.66. The van der Waals surface area contributed by atoms with Gasteiger partial charge in [0, 0.05) is 19.1 Å². The summed E-state index contributed by atoms with van der Waals surface area (Å²) in [7, 11) is 0. The van der Waals surface area contributed by atoms with Gasteiger partial charge in [-0.3, -0.25) is 4.99 Å². The van der Waals surface area contributed by atoms with Crippen molar-refractivity contribution < 1.29 is 0 Å². The molecule has 4 heteroatoms. The third kappa shape index (κ3) is 8.29. The summed E-state index contributed by atoms with van der Waals surface area (Å²) in [5, 5.41) is 6.72. The van der Waals surface area contributed by atoms with E-state index >= 15 is 0 Å². The van der Waals surface area contributed by atoms with E-state index in [9.17, 15) is 0 Å². The Balaban J connectivity index is 0.00000400. The molecule has 1 aromatic rings. The first-order valence-electron chi connectivity index (χ1n) is 7.77. The number of halogens is 1. The van der Waals surface area contributed by atoms with Crippen LogP contribution < -0.4 is 10.6 Å². The van der Waals surface area contributed by atoms with Crippen LogP contribution in [-0.4, -0.2) is 25.1 Å². The second kappa shape index (κ2) is 11.8. The quantitative estimate of drug-likeness (QED) is 0.408. The summed E-state index contributed by atoms with van der Waals surface area (Å²) in [6.45, 7) is 10.5. The smallest absolute Gasteiger partial charge is 0.191 e. The molecule has 0 aliphatic carbocycles. The number of rotatable bonds is 7. The lowest BCUT2D eigenvalue weighted by molar-refractivity contribution is 0.619. The Hall–Kier alpha value is -0.780. The van der Waals surface area contributed by atoms with Crippen LogP contribution in [-0.2, 0) is 0 Å². The molecule has 0 bridgehead atoms. The van der Waals surface area contributed by atoms with E-state index < -0.39 is 0 Å². The average molecular weight is 403 g/mol. The Morgan fingerprint density at radius 3 is 2.38 bits per heavy atom. The molecule has 3 nitrogen and oxygen atoms in total. The molecule has 0 aromatic heterocycles. The van der Waals surface area contributed by atoms with E-state index in [1.807, 2.05) is 0 Å². The fourth-order valence-corrected chi connectivity index (χ4v) is 1.97. The number of guanidine groups is 1. The zero-order valence-electron chi connectivity index (χ0n) is 13.7. The van der Waals surface area contributed by atoms with Gasteiger partial charge in [-0.25, -0.2) is 0 Å². The normalized spacial score (nSPS) is 14.0. The number of aliphatic imine (C=N–C) groups is 1. The molecular formula is C17H30IN3. The van der Waals surface area contributed by atoms with Crippen LogP contribution in [0.1, 0.15) is 52.0 Å². The highest BCUT2D eigenvalue weighted by atomic mass is 127. The predicted octanol–water partition coefficient (Wildman–Crippen LogP) is 4.15. The Kier molecular flexibility index (Phi) is 11.4. The van der Waals surface area contributed by atoms with Gasteiger partial charge in [0.05, 0.1) is 0 Å². The SMILES string of the molecule is CCNC(=NCCC(C)c1ccccc1)NC(C)CC.I. The number of nitrogens with one attached hydrogen (secondary N) is 2. The van der Waals surface area contributed by atoms with Crippen LogP contribution in [0.4, 0.5) is 0 Å². The molecular weight excluding hydrogens is 373 g/mol. The fourth-order valence-electron chi connectivity index (χ4n) is 1.97. The van der Waals surface area contributed by atoms with Crippen molar-refractivity contribution in [3.63, 3.8) is 0 Å². The third-order valence-corrected chi connectivity index (χ3v) is 3.54. The zero-order valence-corrected chi connectivity index (χ0v) is 16.1. The molecule has 2 N–H and O–H groups in total. The van der Waals surface area contributed by atoms with Crippen molar-refractivity contribution in [1.29, 1.82) is 0 Å². The van der Waals surface area contributed by atoms with E-state index in [0.717, 1.165) is 31.9 Å². The lowest BCUT2D eigenvalue weighted by Crippen LogP contribution is -2.42. The van der Waals surface area contributed by atoms with Crippen LogP contribution >= 0.6 is 24.0 Å². The summed E-state index contributed by atoms with van der Waals surface area (Å²) in [5.74, 6) is 1.48. The molecule has 0 aliphatic rings. The molecule has 2 unspecified atom stereocenters. The molecule has 1 rings (SSSR count). The van der Waals surface area contributed by atoms with Gasteiger partial charge in [-0.2, -0.15) is 0 Å². The topological polar surface area (TPSA) is 36.4 Å². The minimum atomic E-state index is 0. The van der Waals surface area contributed by atoms with E-state index in [1.54, 1.807) is 0 Å². The molecule has 0 saturated carbocycles. The number of hydrogen-bond acceptors (Lipinski definition) is 1. The molecule has 0 spiro atoms. The summed E-state index contributed by atoms with van der Waals surface area (Å²) >= 11 is 0. The second-order valence-corrected chi connectivity index (χ2v) is 5.31. The Morgan fingerprint density at radius 1 is 1.14 bits per heavy atom. The Labute approximate surface area is 147 Å². The number of benzene rings is 1. The highest BCUT2D eigenvalue weighted by molar-refractivity contribution is 14.0. The van der Waals surface area contributed by atoms with E-state index in [1.165, 1.54) is 5.56 Å². The average Bonchev–Trinajstić information content (AvgIpc) is 2.48. The molecule has 0 heterocycles. The van der Waals surface area contributed by atoms with Gasteiger partial charge in [-0.15, -0.1) is 24.0 Å². The van der Waals surface area contributed by atoms with Crippen LogP contribution in [0.5, 0.6) is 0 Å². The molecule has 2 atom stereocenters. The first-order chi connectivity index (χ1) is 9.67. The predicted molar refractivity (Wildman–Crippen MR) is 104 cm³/mol. The highest BCUT2D eigenvalue weighted by Crippen LogP contribution is 2.17. The lowest BCUT2D eigenvalue weighted by atomic mass is 9.98. The van der Waals surface area contributed by atoms with E-state index in [4.69, 9.17) is 0 Å². The molecule has 0 aliphatic heterocycles. The van der Waals surface area contributed by atoms with Gasteiger partial charge in [0.15, 0.2) is 5.96 Å². The van der Waals surface area contributed by atoms with Crippen molar-refractivity contribution in [1.82, 2.24) is 10.6 Å².